The number of halogens is 1. The van der Waals surface area contributed by atoms with Crippen LogP contribution in [0.25, 0.3) is 28.3 Å². The topological polar surface area (TPSA) is 83.0 Å². The summed E-state index contributed by atoms with van der Waals surface area (Å²) < 4.78 is 7.49. The number of nitrogens with zero attached hydrogens (tertiary/aromatic N) is 7. The van der Waals surface area contributed by atoms with Crippen LogP contribution in [-0.4, -0.2) is 41.7 Å². The molecule has 9 heteroatoms. The number of aryl methyl sites for hydroxylation is 1. The third kappa shape index (κ3) is 2.28. The molecule has 3 aromatic heterocycles. The molecule has 0 saturated carbocycles. The van der Waals surface area contributed by atoms with E-state index in [1.54, 1.807) is 32.7 Å². The normalized spacial score (nSPS) is 11.1. The summed E-state index contributed by atoms with van der Waals surface area (Å²) in [5.41, 5.74) is 2.37. The first-order chi connectivity index (χ1) is 11.7. The van der Waals surface area contributed by atoms with Crippen LogP contribution in [0.4, 0.5) is 0 Å². The Kier molecular flexibility index (Phi) is 3.39. The van der Waals surface area contributed by atoms with E-state index < -0.39 is 0 Å². The number of ether oxygens (including phenoxy) is 1. The maximum absolute atomic E-state index is 6.02. The summed E-state index contributed by atoms with van der Waals surface area (Å²) in [6.45, 7) is 0. The van der Waals surface area contributed by atoms with Crippen LogP contribution in [0.3, 0.4) is 0 Å². The van der Waals surface area contributed by atoms with Crippen molar-refractivity contribution in [1.82, 2.24) is 34.6 Å². The summed E-state index contributed by atoms with van der Waals surface area (Å²) in [6, 6.07) is 5.69. The van der Waals surface area contributed by atoms with Gasteiger partial charge in [-0.2, -0.15) is 4.80 Å². The van der Waals surface area contributed by atoms with E-state index in [2.05, 4.69) is 25.4 Å². The molecule has 0 N–H and O–H groups in total. The van der Waals surface area contributed by atoms with E-state index in [9.17, 15) is 0 Å². The molecule has 0 fully saturated rings. The Balaban J connectivity index is 1.96. The first-order valence-electron chi connectivity index (χ1n) is 7.07. The maximum Gasteiger partial charge on any atom is 0.208 e. The largest absolute Gasteiger partial charge is 0.495 e. The molecule has 0 atom stereocenters. The van der Waals surface area contributed by atoms with Crippen LogP contribution < -0.4 is 4.74 Å². The Bertz CT molecular complexity index is 1040. The van der Waals surface area contributed by atoms with Gasteiger partial charge in [-0.3, -0.25) is 4.40 Å². The Morgan fingerprint density at radius 2 is 1.92 bits per heavy atom. The first kappa shape index (κ1) is 14.6. The van der Waals surface area contributed by atoms with E-state index in [1.165, 1.54) is 4.80 Å². The fourth-order valence-corrected chi connectivity index (χ4v) is 2.72. The number of fused-ring (bicyclic) bond motifs is 1. The average Bonchev–Trinajstić information content (AvgIpc) is 3.20. The standard InChI is InChI=1S/C15H12ClN7O/c1-22-20-14(19-21-22)10-4-3-5-11(13(10)24-2)15-18-7-9-6-17-12(16)8-23(9)15/h3-8H,1-2H3. The molecule has 0 radical (unpaired) electrons. The summed E-state index contributed by atoms with van der Waals surface area (Å²) in [7, 11) is 3.31. The van der Waals surface area contributed by atoms with Gasteiger partial charge in [-0.25, -0.2) is 9.97 Å². The van der Waals surface area contributed by atoms with E-state index in [-0.39, 0.29) is 0 Å². The molecule has 0 unspecified atom stereocenters. The zero-order valence-corrected chi connectivity index (χ0v) is 13.6. The lowest BCUT2D eigenvalue weighted by atomic mass is 10.1. The van der Waals surface area contributed by atoms with Gasteiger partial charge in [-0.15, -0.1) is 10.2 Å². The average molecular weight is 342 g/mol. The zero-order chi connectivity index (χ0) is 16.7. The minimum Gasteiger partial charge on any atom is -0.495 e. The van der Waals surface area contributed by atoms with Crippen molar-refractivity contribution in [3.8, 4) is 28.5 Å². The third-order valence-corrected chi connectivity index (χ3v) is 3.79. The van der Waals surface area contributed by atoms with Crippen molar-refractivity contribution < 1.29 is 4.74 Å². The van der Waals surface area contributed by atoms with Gasteiger partial charge in [-0.1, -0.05) is 17.7 Å². The molecular weight excluding hydrogens is 330 g/mol. The van der Waals surface area contributed by atoms with Gasteiger partial charge in [0, 0.05) is 6.20 Å². The number of hydrogen-bond acceptors (Lipinski definition) is 6. The van der Waals surface area contributed by atoms with Gasteiger partial charge in [0.25, 0.3) is 0 Å². The van der Waals surface area contributed by atoms with E-state index in [0.29, 0.717) is 22.6 Å². The van der Waals surface area contributed by atoms with Gasteiger partial charge >= 0.3 is 0 Å². The predicted octanol–water partition coefficient (Wildman–Crippen LogP) is 2.25. The molecule has 0 aliphatic carbocycles. The van der Waals surface area contributed by atoms with Crippen molar-refractivity contribution in [3.05, 3.63) is 41.9 Å². The molecule has 0 saturated heterocycles. The first-order valence-corrected chi connectivity index (χ1v) is 7.45. The summed E-state index contributed by atoms with van der Waals surface area (Å²) in [5, 5.41) is 12.6. The molecule has 8 nitrogen and oxygen atoms in total. The molecule has 4 aromatic rings. The highest BCUT2D eigenvalue weighted by atomic mass is 35.5. The number of rotatable bonds is 3. The Morgan fingerprint density at radius 3 is 2.67 bits per heavy atom. The van der Waals surface area contributed by atoms with Crippen LogP contribution >= 0.6 is 11.6 Å². The molecule has 0 aliphatic heterocycles. The van der Waals surface area contributed by atoms with Crippen LogP contribution in [-0.2, 0) is 7.05 Å². The van der Waals surface area contributed by atoms with Gasteiger partial charge in [-0.05, 0) is 17.3 Å². The summed E-state index contributed by atoms with van der Waals surface area (Å²) in [4.78, 5) is 9.95. The monoisotopic (exact) mass is 341 g/mol. The minimum absolute atomic E-state index is 0.382. The molecule has 0 aliphatic rings. The Hall–Kier alpha value is -3.00. The number of imidazole rings is 1. The smallest absolute Gasteiger partial charge is 0.208 e. The molecule has 0 amide bonds. The van der Waals surface area contributed by atoms with Crippen molar-refractivity contribution in [2.75, 3.05) is 7.11 Å². The van der Waals surface area contributed by atoms with Gasteiger partial charge < -0.3 is 4.74 Å². The highest BCUT2D eigenvalue weighted by Gasteiger charge is 2.18. The van der Waals surface area contributed by atoms with Crippen LogP contribution in [0.15, 0.2) is 36.8 Å². The number of tetrazole rings is 1. The molecule has 0 bridgehead atoms. The highest BCUT2D eigenvalue weighted by molar-refractivity contribution is 6.29. The second-order valence-electron chi connectivity index (χ2n) is 5.08. The predicted molar refractivity (Wildman–Crippen MR) is 87.8 cm³/mol. The molecular formula is C15H12ClN7O. The summed E-state index contributed by atoms with van der Waals surface area (Å²) in [5.74, 6) is 1.79. The number of para-hydroxylation sites is 1. The SMILES string of the molecule is COc1c(-c2nnn(C)n2)cccc1-c1ncc2cnc(Cl)cn12. The number of benzene rings is 1. The number of aromatic nitrogens is 7. The lowest BCUT2D eigenvalue weighted by Crippen LogP contribution is -1.97. The molecule has 4 rings (SSSR count). The lowest BCUT2D eigenvalue weighted by molar-refractivity contribution is 0.417. The molecule has 24 heavy (non-hydrogen) atoms. The van der Waals surface area contributed by atoms with Crippen LogP contribution in [0.2, 0.25) is 5.15 Å². The molecule has 1 aromatic carbocycles. The molecule has 120 valence electrons. The fraction of sp³-hybridized carbons (Fsp3) is 0.133. The van der Waals surface area contributed by atoms with Crippen LogP contribution in [0.1, 0.15) is 0 Å². The van der Waals surface area contributed by atoms with Crippen LogP contribution in [0.5, 0.6) is 5.75 Å². The zero-order valence-electron chi connectivity index (χ0n) is 12.9. The number of methoxy groups -OCH3 is 1. The molecule has 3 heterocycles. The van der Waals surface area contributed by atoms with Crippen LogP contribution in [0, 0.1) is 0 Å². The second-order valence-corrected chi connectivity index (χ2v) is 5.46. The van der Waals surface area contributed by atoms with Gasteiger partial charge in [0.2, 0.25) is 5.82 Å². The van der Waals surface area contributed by atoms with Gasteiger partial charge in [0.05, 0.1) is 43.2 Å². The maximum atomic E-state index is 6.02. The van der Waals surface area contributed by atoms with Crippen molar-refractivity contribution >= 4 is 17.1 Å². The quantitative estimate of drug-likeness (QED) is 0.568. The van der Waals surface area contributed by atoms with Crippen molar-refractivity contribution in [1.29, 1.82) is 0 Å². The number of hydrogen-bond donors (Lipinski definition) is 0. The highest BCUT2D eigenvalue weighted by Crippen LogP contribution is 2.37. The van der Waals surface area contributed by atoms with E-state index in [0.717, 1.165) is 16.6 Å². The van der Waals surface area contributed by atoms with Gasteiger partial charge in [0.1, 0.15) is 16.7 Å². The Labute approximate surface area is 141 Å². The van der Waals surface area contributed by atoms with E-state index >= 15 is 0 Å². The third-order valence-electron chi connectivity index (χ3n) is 3.59. The van der Waals surface area contributed by atoms with E-state index in [1.807, 2.05) is 22.6 Å². The van der Waals surface area contributed by atoms with Crippen molar-refractivity contribution in [3.63, 3.8) is 0 Å². The van der Waals surface area contributed by atoms with Crippen molar-refractivity contribution in [2.24, 2.45) is 7.05 Å². The van der Waals surface area contributed by atoms with E-state index in [4.69, 9.17) is 16.3 Å². The second kappa shape index (κ2) is 5.57. The minimum atomic E-state index is 0.382. The van der Waals surface area contributed by atoms with Gasteiger partial charge in [0.15, 0.2) is 0 Å². The fourth-order valence-electron chi connectivity index (χ4n) is 2.57. The van der Waals surface area contributed by atoms with Crippen molar-refractivity contribution in [2.45, 2.75) is 0 Å². The Morgan fingerprint density at radius 1 is 1.12 bits per heavy atom. The summed E-state index contributed by atoms with van der Waals surface area (Å²) in [6.07, 6.45) is 5.11. The summed E-state index contributed by atoms with van der Waals surface area (Å²) >= 11 is 6.02. The molecule has 0 spiro atoms. The lowest BCUT2D eigenvalue weighted by Gasteiger charge is -2.11.